The normalized spacial score (nSPS) is 49.0. The number of carboxylic acid groups (broad SMARTS) is 1. The van der Waals surface area contributed by atoms with Crippen molar-refractivity contribution in [1.82, 2.24) is 0 Å². The predicted molar refractivity (Wildman–Crippen MR) is 103 cm³/mol. The van der Waals surface area contributed by atoms with E-state index in [-0.39, 0.29) is 0 Å². The molecule has 0 heterocycles. The highest BCUT2D eigenvalue weighted by Crippen LogP contribution is 2.67. The number of aliphatic hydroxyl groups excluding tert-OH is 1. The second-order valence-corrected chi connectivity index (χ2v) is 10.7. The summed E-state index contributed by atoms with van der Waals surface area (Å²) >= 11 is 0. The maximum absolute atomic E-state index is 11.0. The number of hydrogen-bond acceptors (Lipinski definition) is 2. The van der Waals surface area contributed by atoms with Crippen molar-refractivity contribution in [2.24, 2.45) is 40.4 Å². The minimum absolute atomic E-state index is 0.386. The third-order valence-electron chi connectivity index (χ3n) is 9.85. The Labute approximate surface area is 158 Å². The van der Waals surface area contributed by atoms with Gasteiger partial charge in [0.2, 0.25) is 0 Å². The first-order valence-corrected chi connectivity index (χ1v) is 11.3. The first-order chi connectivity index (χ1) is 12.4. The van der Waals surface area contributed by atoms with Crippen LogP contribution in [0, 0.1) is 40.4 Å². The number of aliphatic hydroxyl groups is 1. The average Bonchev–Trinajstić information content (AvgIpc) is 2.95. The lowest BCUT2D eigenvalue weighted by atomic mass is 9.45. The Bertz CT molecular complexity index is 546. The topological polar surface area (TPSA) is 57.5 Å². The van der Waals surface area contributed by atoms with Crippen molar-refractivity contribution in [1.29, 1.82) is 0 Å². The molecule has 0 aliphatic heterocycles. The smallest absolute Gasteiger partial charge is 0.332 e. The summed E-state index contributed by atoms with van der Waals surface area (Å²) in [5.41, 5.74) is 0.983. The van der Waals surface area contributed by atoms with E-state index in [2.05, 4.69) is 13.8 Å². The Morgan fingerprint density at radius 2 is 1.73 bits per heavy atom. The summed E-state index contributed by atoms with van der Waals surface area (Å²) in [7, 11) is 0. The van der Waals surface area contributed by atoms with Gasteiger partial charge >= 0.3 is 5.97 Å². The number of carboxylic acids is 1. The molecule has 0 amide bonds. The molecule has 148 valence electrons. The Hall–Kier alpha value is -0.570. The van der Waals surface area contributed by atoms with Gasteiger partial charge in [-0.05, 0) is 105 Å². The number of rotatable bonds is 4. The molecule has 0 saturated heterocycles. The van der Waals surface area contributed by atoms with Crippen LogP contribution in [0.3, 0.4) is 0 Å². The van der Waals surface area contributed by atoms with Gasteiger partial charge in [-0.2, -0.15) is 0 Å². The van der Waals surface area contributed by atoms with Gasteiger partial charge < -0.3 is 10.2 Å². The molecule has 0 radical (unpaired) electrons. The van der Waals surface area contributed by atoms with Crippen LogP contribution in [0.2, 0.25) is 0 Å². The highest BCUT2D eigenvalue weighted by molar-refractivity contribution is 5.71. The molecule has 0 aromatic heterocycles. The highest BCUT2D eigenvalue weighted by atomic mass is 16.4. The molecular weight excluding hydrogens is 324 g/mol. The molecule has 8 unspecified atom stereocenters. The molecule has 4 saturated carbocycles. The number of fused-ring (bicyclic) bond motifs is 5. The second-order valence-electron chi connectivity index (χ2n) is 10.7. The molecule has 4 rings (SSSR count). The van der Waals surface area contributed by atoms with Crippen LogP contribution in [0.4, 0.5) is 0 Å². The van der Waals surface area contributed by atoms with Crippen LogP contribution in [-0.4, -0.2) is 22.3 Å². The lowest BCUT2D eigenvalue weighted by Crippen LogP contribution is -2.52. The molecule has 0 aromatic rings. The van der Waals surface area contributed by atoms with Crippen molar-refractivity contribution in [3.63, 3.8) is 0 Å². The van der Waals surface area contributed by atoms with Gasteiger partial charge in [-0.1, -0.05) is 26.7 Å². The summed E-state index contributed by atoms with van der Waals surface area (Å²) in [5, 5.41) is 18.7. The lowest BCUT2D eigenvalue weighted by Gasteiger charge is -2.60. The third-order valence-corrected chi connectivity index (χ3v) is 9.85. The highest BCUT2D eigenvalue weighted by Gasteiger charge is 2.59. The SMILES string of the molecule is CC12CCCCC1CCC1C2CCC2(C)C(CCC(O)C(=O)O)CCC12. The predicted octanol–water partition coefficient (Wildman–Crippen LogP) is 5.26. The Balaban J connectivity index is 1.48. The van der Waals surface area contributed by atoms with Crippen molar-refractivity contribution < 1.29 is 15.0 Å². The van der Waals surface area contributed by atoms with Crippen LogP contribution < -0.4 is 0 Å². The summed E-state index contributed by atoms with van der Waals surface area (Å²) in [5.74, 6) is 3.21. The molecule has 4 aliphatic rings. The average molecular weight is 363 g/mol. The van der Waals surface area contributed by atoms with Crippen LogP contribution in [0.1, 0.15) is 90.9 Å². The van der Waals surface area contributed by atoms with Gasteiger partial charge in [0.05, 0.1) is 0 Å². The monoisotopic (exact) mass is 362 g/mol. The van der Waals surface area contributed by atoms with Crippen molar-refractivity contribution in [2.75, 3.05) is 0 Å². The van der Waals surface area contributed by atoms with Gasteiger partial charge in [-0.25, -0.2) is 4.79 Å². The number of aliphatic carboxylic acids is 1. The molecular formula is C23H38O3. The minimum Gasteiger partial charge on any atom is -0.479 e. The maximum Gasteiger partial charge on any atom is 0.332 e. The van der Waals surface area contributed by atoms with Gasteiger partial charge in [-0.3, -0.25) is 0 Å². The number of carbonyl (C=O) groups is 1. The summed E-state index contributed by atoms with van der Waals surface area (Å²) in [4.78, 5) is 11.0. The fourth-order valence-electron chi connectivity index (χ4n) is 8.36. The van der Waals surface area contributed by atoms with Gasteiger partial charge in [0.25, 0.3) is 0 Å². The summed E-state index contributed by atoms with van der Waals surface area (Å²) in [6.45, 7) is 5.14. The fourth-order valence-corrected chi connectivity index (χ4v) is 8.36. The number of hydrogen-bond donors (Lipinski definition) is 2. The fraction of sp³-hybridized carbons (Fsp3) is 0.957. The minimum atomic E-state index is -1.18. The van der Waals surface area contributed by atoms with Crippen molar-refractivity contribution in [2.45, 2.75) is 97.0 Å². The molecule has 3 nitrogen and oxygen atoms in total. The standard InChI is InChI=1S/C23H38O3/c1-22-13-4-3-5-15(22)6-9-17-18-10-7-16(8-11-20(24)21(25)26)23(18,2)14-12-19(17)22/h15-20,24H,3-14H2,1-2H3,(H,25,26). The maximum atomic E-state index is 11.0. The van der Waals surface area contributed by atoms with Gasteiger partial charge in [0.15, 0.2) is 6.10 Å². The molecule has 2 N–H and O–H groups in total. The first-order valence-electron chi connectivity index (χ1n) is 11.3. The van der Waals surface area contributed by atoms with Crippen molar-refractivity contribution >= 4 is 5.97 Å². The van der Waals surface area contributed by atoms with E-state index in [0.717, 1.165) is 30.1 Å². The third kappa shape index (κ3) is 2.84. The van der Waals surface area contributed by atoms with E-state index < -0.39 is 12.1 Å². The van der Waals surface area contributed by atoms with Gasteiger partial charge in [0.1, 0.15) is 0 Å². The molecule has 4 fully saturated rings. The van der Waals surface area contributed by atoms with Crippen LogP contribution in [0.5, 0.6) is 0 Å². The second kappa shape index (κ2) is 6.79. The largest absolute Gasteiger partial charge is 0.479 e. The molecule has 0 spiro atoms. The zero-order valence-corrected chi connectivity index (χ0v) is 16.8. The van der Waals surface area contributed by atoms with E-state index in [1.54, 1.807) is 0 Å². The lowest BCUT2D eigenvalue weighted by molar-refractivity contribution is -0.147. The van der Waals surface area contributed by atoms with Gasteiger partial charge in [0, 0.05) is 0 Å². The molecule has 3 heteroatoms. The van der Waals surface area contributed by atoms with Crippen LogP contribution in [0.15, 0.2) is 0 Å². The zero-order valence-electron chi connectivity index (χ0n) is 16.8. The van der Waals surface area contributed by atoms with E-state index in [1.165, 1.54) is 64.2 Å². The van der Waals surface area contributed by atoms with E-state index >= 15 is 0 Å². The Kier molecular flexibility index (Phi) is 4.91. The Morgan fingerprint density at radius 3 is 2.50 bits per heavy atom. The van der Waals surface area contributed by atoms with Crippen molar-refractivity contribution in [3.8, 4) is 0 Å². The molecule has 8 atom stereocenters. The quantitative estimate of drug-likeness (QED) is 0.717. The van der Waals surface area contributed by atoms with E-state index in [9.17, 15) is 9.90 Å². The summed E-state index contributed by atoms with van der Waals surface area (Å²) in [6.07, 6.45) is 14.1. The van der Waals surface area contributed by atoms with E-state index in [0.29, 0.717) is 23.2 Å². The van der Waals surface area contributed by atoms with Crippen LogP contribution in [-0.2, 0) is 4.79 Å². The molecule has 0 bridgehead atoms. The summed E-state index contributed by atoms with van der Waals surface area (Å²) < 4.78 is 0. The molecule has 0 aromatic carbocycles. The summed E-state index contributed by atoms with van der Waals surface area (Å²) in [6, 6.07) is 0. The van der Waals surface area contributed by atoms with E-state index in [1.807, 2.05) is 0 Å². The van der Waals surface area contributed by atoms with E-state index in [4.69, 9.17) is 5.11 Å². The molecule has 26 heavy (non-hydrogen) atoms. The van der Waals surface area contributed by atoms with Crippen LogP contribution in [0.25, 0.3) is 0 Å². The zero-order chi connectivity index (χ0) is 18.5. The van der Waals surface area contributed by atoms with Gasteiger partial charge in [-0.15, -0.1) is 0 Å². The van der Waals surface area contributed by atoms with Crippen LogP contribution >= 0.6 is 0 Å². The van der Waals surface area contributed by atoms with Crippen molar-refractivity contribution in [3.05, 3.63) is 0 Å². The first kappa shape index (κ1) is 18.8. The Morgan fingerprint density at radius 1 is 0.962 bits per heavy atom. The molecule has 4 aliphatic carbocycles.